The molecule has 2 heterocycles. The molecular weight excluding hydrogens is 396 g/mol. The fraction of sp³-hybridized carbons (Fsp3) is 0.120. The lowest BCUT2D eigenvalue weighted by molar-refractivity contribution is -0.135. The van der Waals surface area contributed by atoms with E-state index in [2.05, 4.69) is 0 Å². The molecule has 0 radical (unpaired) electrons. The maximum atomic E-state index is 13.1. The van der Waals surface area contributed by atoms with Gasteiger partial charge in [-0.05, 0) is 42.0 Å². The van der Waals surface area contributed by atoms with E-state index in [1.807, 2.05) is 18.2 Å². The fourth-order valence-electron chi connectivity index (χ4n) is 4.02. The van der Waals surface area contributed by atoms with Crippen molar-refractivity contribution in [3.05, 3.63) is 88.7 Å². The molecular formula is C25H18O6. The highest BCUT2D eigenvalue weighted by atomic mass is 16.5. The molecule has 2 aliphatic heterocycles. The van der Waals surface area contributed by atoms with Gasteiger partial charge in [-0.25, -0.2) is 0 Å². The second-order valence-corrected chi connectivity index (χ2v) is 7.36. The lowest BCUT2D eigenvalue weighted by Crippen LogP contribution is -2.21. The van der Waals surface area contributed by atoms with Crippen molar-refractivity contribution in [3.63, 3.8) is 0 Å². The topological polar surface area (TPSA) is 82.1 Å². The zero-order chi connectivity index (χ0) is 21.5. The molecule has 3 aromatic rings. The molecule has 31 heavy (non-hydrogen) atoms. The Bertz CT molecular complexity index is 1240. The minimum atomic E-state index is -0.361. The number of aromatic hydroxyl groups is 1. The molecule has 0 unspecified atom stereocenters. The lowest BCUT2D eigenvalue weighted by Gasteiger charge is -2.26. The van der Waals surface area contributed by atoms with Crippen molar-refractivity contribution in [2.24, 2.45) is 0 Å². The number of phenolic OH excluding ortho intramolecular Hbond substituents is 1. The summed E-state index contributed by atoms with van der Waals surface area (Å²) in [6, 6.07) is 17.2. The van der Waals surface area contributed by atoms with Crippen molar-refractivity contribution in [2.45, 2.75) is 12.3 Å². The standard InChI is InChI=1S/C25H18O6/c1-29-19-5-3-2-4-15(19)12-21-24(28)17-10-11-20-23(25(17)31-21)18(13-22(27)30-20)14-6-8-16(26)9-7-14/h2-12,18,26H,13H2,1H3/b21-12-/t18-/m1/s1. The lowest BCUT2D eigenvalue weighted by atomic mass is 9.84. The average molecular weight is 414 g/mol. The third-order valence-corrected chi connectivity index (χ3v) is 5.50. The Hall–Kier alpha value is -4.06. The number of fused-ring (bicyclic) bond motifs is 3. The summed E-state index contributed by atoms with van der Waals surface area (Å²) in [6.45, 7) is 0. The van der Waals surface area contributed by atoms with Crippen LogP contribution in [0.4, 0.5) is 0 Å². The molecule has 3 aromatic carbocycles. The number of ketones is 1. The number of carbonyl (C=O) groups is 2. The van der Waals surface area contributed by atoms with Crippen LogP contribution in [0.3, 0.4) is 0 Å². The van der Waals surface area contributed by atoms with Gasteiger partial charge in [0, 0.05) is 17.0 Å². The third kappa shape index (κ3) is 3.22. The van der Waals surface area contributed by atoms with Gasteiger partial charge in [0.15, 0.2) is 5.76 Å². The molecule has 6 heteroatoms. The van der Waals surface area contributed by atoms with Crippen LogP contribution in [0.15, 0.2) is 66.4 Å². The Morgan fingerprint density at radius 2 is 1.77 bits per heavy atom. The van der Waals surface area contributed by atoms with E-state index in [1.54, 1.807) is 55.7 Å². The van der Waals surface area contributed by atoms with Gasteiger partial charge in [0.05, 0.1) is 19.1 Å². The summed E-state index contributed by atoms with van der Waals surface area (Å²) < 4.78 is 16.9. The predicted molar refractivity (Wildman–Crippen MR) is 113 cm³/mol. The van der Waals surface area contributed by atoms with Gasteiger partial charge in [0.25, 0.3) is 0 Å². The summed E-state index contributed by atoms with van der Waals surface area (Å²) in [4.78, 5) is 25.3. The number of hydrogen-bond donors (Lipinski definition) is 1. The maximum Gasteiger partial charge on any atom is 0.312 e. The van der Waals surface area contributed by atoms with E-state index >= 15 is 0 Å². The van der Waals surface area contributed by atoms with Crippen LogP contribution >= 0.6 is 0 Å². The molecule has 0 amide bonds. The van der Waals surface area contributed by atoms with Gasteiger partial charge >= 0.3 is 5.97 Å². The Morgan fingerprint density at radius 1 is 1.00 bits per heavy atom. The first-order valence-electron chi connectivity index (χ1n) is 9.79. The highest BCUT2D eigenvalue weighted by Gasteiger charge is 2.38. The Labute approximate surface area is 178 Å². The number of phenols is 1. The number of methoxy groups -OCH3 is 1. The van der Waals surface area contributed by atoms with E-state index in [4.69, 9.17) is 14.2 Å². The first kappa shape index (κ1) is 18.9. The molecule has 1 N–H and O–H groups in total. The molecule has 1 atom stereocenters. The number of esters is 1. The molecule has 154 valence electrons. The van der Waals surface area contributed by atoms with Crippen LogP contribution in [0.1, 0.15) is 39.4 Å². The monoisotopic (exact) mass is 414 g/mol. The number of rotatable bonds is 3. The number of ether oxygens (including phenoxy) is 3. The van der Waals surface area contributed by atoms with E-state index in [1.165, 1.54) is 0 Å². The van der Waals surface area contributed by atoms with E-state index < -0.39 is 0 Å². The Balaban J connectivity index is 1.61. The van der Waals surface area contributed by atoms with Gasteiger partial charge < -0.3 is 19.3 Å². The second-order valence-electron chi connectivity index (χ2n) is 7.36. The van der Waals surface area contributed by atoms with Crippen molar-refractivity contribution in [3.8, 4) is 23.0 Å². The van der Waals surface area contributed by atoms with Crippen LogP contribution in [0.2, 0.25) is 0 Å². The van der Waals surface area contributed by atoms with Crippen molar-refractivity contribution < 1.29 is 28.9 Å². The van der Waals surface area contributed by atoms with Gasteiger partial charge in [0.2, 0.25) is 5.78 Å². The molecule has 0 fully saturated rings. The van der Waals surface area contributed by atoms with E-state index in [0.717, 1.165) is 11.1 Å². The first-order valence-corrected chi connectivity index (χ1v) is 9.79. The van der Waals surface area contributed by atoms with Gasteiger partial charge in [0.1, 0.15) is 23.0 Å². The normalized spacial score (nSPS) is 18.2. The van der Waals surface area contributed by atoms with E-state index in [9.17, 15) is 14.7 Å². The minimum absolute atomic E-state index is 0.108. The average Bonchev–Trinajstić information content (AvgIpc) is 3.09. The van der Waals surface area contributed by atoms with Gasteiger partial charge in [-0.1, -0.05) is 30.3 Å². The first-order chi connectivity index (χ1) is 15.0. The maximum absolute atomic E-state index is 13.1. The minimum Gasteiger partial charge on any atom is -0.508 e. The number of Topliss-reactive ketones (excluding diaryl/α,β-unsaturated/α-hetero) is 1. The molecule has 0 saturated heterocycles. The summed E-state index contributed by atoms with van der Waals surface area (Å²) in [5.74, 6) is 0.743. The Kier molecular flexibility index (Phi) is 4.47. The van der Waals surface area contributed by atoms with Crippen molar-refractivity contribution >= 4 is 17.8 Å². The summed E-state index contributed by atoms with van der Waals surface area (Å²) in [5, 5.41) is 9.63. The van der Waals surface area contributed by atoms with Crippen molar-refractivity contribution in [1.82, 2.24) is 0 Å². The SMILES string of the molecule is COc1ccccc1/C=C1\Oc2c(ccc3c2[C@@H](c2ccc(O)cc2)CC(=O)O3)C1=O. The molecule has 2 aliphatic rings. The van der Waals surface area contributed by atoms with Crippen molar-refractivity contribution in [2.75, 3.05) is 7.11 Å². The highest BCUT2D eigenvalue weighted by molar-refractivity contribution is 6.15. The van der Waals surface area contributed by atoms with E-state index in [-0.39, 0.29) is 35.6 Å². The quantitative estimate of drug-likeness (QED) is 0.387. The number of allylic oxidation sites excluding steroid dienone is 1. The molecule has 0 spiro atoms. The molecule has 0 saturated carbocycles. The molecule has 0 bridgehead atoms. The van der Waals surface area contributed by atoms with Gasteiger partial charge in [-0.2, -0.15) is 0 Å². The zero-order valence-electron chi connectivity index (χ0n) is 16.6. The van der Waals surface area contributed by atoms with Crippen LogP contribution in [-0.4, -0.2) is 24.0 Å². The zero-order valence-corrected chi connectivity index (χ0v) is 16.6. The van der Waals surface area contributed by atoms with Crippen molar-refractivity contribution in [1.29, 1.82) is 0 Å². The smallest absolute Gasteiger partial charge is 0.312 e. The number of benzene rings is 3. The second kappa shape index (κ2) is 7.32. The molecule has 5 rings (SSSR count). The largest absolute Gasteiger partial charge is 0.508 e. The highest BCUT2D eigenvalue weighted by Crippen LogP contribution is 2.49. The molecule has 6 nitrogen and oxygen atoms in total. The summed E-state index contributed by atoms with van der Waals surface area (Å²) in [5.41, 5.74) is 2.61. The molecule has 0 aromatic heterocycles. The number of hydrogen-bond acceptors (Lipinski definition) is 6. The number of para-hydroxylation sites is 1. The molecule has 0 aliphatic carbocycles. The third-order valence-electron chi connectivity index (χ3n) is 5.50. The fourth-order valence-corrected chi connectivity index (χ4v) is 4.02. The van der Waals surface area contributed by atoms with Gasteiger partial charge in [-0.15, -0.1) is 0 Å². The predicted octanol–water partition coefficient (Wildman–Crippen LogP) is 4.46. The van der Waals surface area contributed by atoms with Crippen LogP contribution in [0.5, 0.6) is 23.0 Å². The van der Waals surface area contributed by atoms with Gasteiger partial charge in [-0.3, -0.25) is 9.59 Å². The van der Waals surface area contributed by atoms with E-state index in [0.29, 0.717) is 28.4 Å². The van der Waals surface area contributed by atoms with Crippen LogP contribution in [-0.2, 0) is 4.79 Å². The summed E-state index contributed by atoms with van der Waals surface area (Å²) in [7, 11) is 1.57. The number of carbonyl (C=O) groups excluding carboxylic acids is 2. The van der Waals surface area contributed by atoms with Crippen LogP contribution in [0, 0.1) is 0 Å². The van der Waals surface area contributed by atoms with Crippen LogP contribution in [0.25, 0.3) is 6.08 Å². The summed E-state index contributed by atoms with van der Waals surface area (Å²) in [6.07, 6.45) is 1.76. The summed E-state index contributed by atoms with van der Waals surface area (Å²) >= 11 is 0. The van der Waals surface area contributed by atoms with Crippen LogP contribution < -0.4 is 14.2 Å². The Morgan fingerprint density at radius 3 is 2.55 bits per heavy atom.